The average molecular weight is 326 g/mol. The third-order valence-corrected chi connectivity index (χ3v) is 3.84. The summed E-state index contributed by atoms with van der Waals surface area (Å²) in [5, 5.41) is 41.1. The zero-order valence-electron chi connectivity index (χ0n) is 13.0. The third-order valence-electron chi connectivity index (χ3n) is 3.84. The summed E-state index contributed by atoms with van der Waals surface area (Å²) in [4.78, 5) is 14.1. The first-order valence-electron chi connectivity index (χ1n) is 7.24. The largest absolute Gasteiger partial charge is 0.394 e. The first kappa shape index (κ1) is 17.6. The minimum Gasteiger partial charge on any atom is -0.394 e. The second kappa shape index (κ2) is 7.24. The minimum atomic E-state index is -1.53. The van der Waals surface area contributed by atoms with E-state index in [4.69, 9.17) is 9.84 Å². The van der Waals surface area contributed by atoms with Crippen molar-refractivity contribution < 1.29 is 30.0 Å². The van der Waals surface area contributed by atoms with Gasteiger partial charge in [0.25, 0.3) is 5.91 Å². The summed E-state index contributed by atoms with van der Waals surface area (Å²) in [5.41, 5.74) is 1.26. The summed E-state index contributed by atoms with van der Waals surface area (Å²) in [6, 6.07) is 5.54. The molecule has 0 unspecified atom stereocenters. The molecule has 0 aliphatic carbocycles. The van der Waals surface area contributed by atoms with E-state index < -0.39 is 43.2 Å². The number of hydrogen-bond donors (Lipinski definition) is 5. The van der Waals surface area contributed by atoms with E-state index in [1.54, 1.807) is 24.3 Å². The highest BCUT2D eigenvalue weighted by Gasteiger charge is 2.44. The topological polar surface area (TPSA) is 122 Å². The molecule has 23 heavy (non-hydrogen) atoms. The van der Waals surface area contributed by atoms with Gasteiger partial charge in [-0.1, -0.05) is 0 Å². The van der Waals surface area contributed by atoms with E-state index >= 15 is 0 Å². The molecule has 0 aromatic heterocycles. The Morgan fingerprint density at radius 2 is 1.78 bits per heavy atom. The molecule has 1 fully saturated rings. The van der Waals surface area contributed by atoms with Gasteiger partial charge in [0, 0.05) is 25.3 Å². The molecule has 1 aliphatic heterocycles. The van der Waals surface area contributed by atoms with Gasteiger partial charge in [-0.25, -0.2) is 0 Å². The lowest BCUT2D eigenvalue weighted by molar-refractivity contribution is -0.252. The molecule has 0 saturated carbocycles. The van der Waals surface area contributed by atoms with Gasteiger partial charge < -0.3 is 35.4 Å². The molecule has 128 valence electrons. The third kappa shape index (κ3) is 3.80. The lowest BCUT2D eigenvalue weighted by Gasteiger charge is -2.40. The molecule has 5 atom stereocenters. The summed E-state index contributed by atoms with van der Waals surface area (Å²) in [6.45, 7) is -0.554. The molecular formula is C15H22N2O6. The van der Waals surface area contributed by atoms with Gasteiger partial charge in [-0.15, -0.1) is 0 Å². The van der Waals surface area contributed by atoms with Crippen LogP contribution in [-0.2, 0) is 4.74 Å². The van der Waals surface area contributed by atoms with Crippen molar-refractivity contribution in [1.29, 1.82) is 0 Å². The summed E-state index contributed by atoms with van der Waals surface area (Å²) in [7, 11) is 3.75. The lowest BCUT2D eigenvalue weighted by atomic mass is 9.97. The quantitative estimate of drug-likeness (QED) is 0.446. The monoisotopic (exact) mass is 326 g/mol. The summed E-state index contributed by atoms with van der Waals surface area (Å²) in [5.74, 6) is -0.517. The molecule has 1 saturated heterocycles. The second-order valence-electron chi connectivity index (χ2n) is 5.67. The minimum absolute atomic E-state index is 0.341. The molecule has 1 aromatic rings. The second-order valence-corrected chi connectivity index (χ2v) is 5.67. The van der Waals surface area contributed by atoms with E-state index in [1.165, 1.54) is 0 Å². The number of anilines is 1. The maximum atomic E-state index is 12.2. The van der Waals surface area contributed by atoms with Crippen molar-refractivity contribution in [2.45, 2.75) is 30.6 Å². The maximum absolute atomic E-state index is 12.2. The Kier molecular flexibility index (Phi) is 5.55. The molecule has 2 rings (SSSR count). The fraction of sp³-hybridized carbons (Fsp3) is 0.533. The number of aliphatic hydroxyl groups excluding tert-OH is 4. The number of carbonyl (C=O) groups is 1. The van der Waals surface area contributed by atoms with Gasteiger partial charge >= 0.3 is 0 Å². The van der Waals surface area contributed by atoms with Gasteiger partial charge in [-0.05, 0) is 24.3 Å². The van der Waals surface area contributed by atoms with Crippen molar-refractivity contribution in [2.75, 3.05) is 25.6 Å². The van der Waals surface area contributed by atoms with E-state index in [0.29, 0.717) is 5.56 Å². The van der Waals surface area contributed by atoms with Gasteiger partial charge in [-0.2, -0.15) is 0 Å². The highest BCUT2D eigenvalue weighted by Crippen LogP contribution is 2.20. The Morgan fingerprint density at radius 1 is 1.17 bits per heavy atom. The van der Waals surface area contributed by atoms with E-state index in [0.717, 1.165) is 5.69 Å². The predicted octanol–water partition coefficient (Wildman–Crippen LogP) is -1.72. The van der Waals surface area contributed by atoms with Crippen molar-refractivity contribution in [3.63, 3.8) is 0 Å². The van der Waals surface area contributed by atoms with Gasteiger partial charge in [-0.3, -0.25) is 4.79 Å². The molecular weight excluding hydrogens is 304 g/mol. The Labute approximate surface area is 133 Å². The predicted molar refractivity (Wildman–Crippen MR) is 82.0 cm³/mol. The van der Waals surface area contributed by atoms with Crippen LogP contribution in [0.3, 0.4) is 0 Å². The number of amides is 1. The van der Waals surface area contributed by atoms with Gasteiger partial charge in [0.05, 0.1) is 6.61 Å². The number of benzene rings is 1. The number of ether oxygens (including phenoxy) is 1. The molecule has 1 amide bonds. The highest BCUT2D eigenvalue weighted by atomic mass is 16.6. The van der Waals surface area contributed by atoms with Crippen molar-refractivity contribution in [2.24, 2.45) is 0 Å². The van der Waals surface area contributed by atoms with E-state index in [2.05, 4.69) is 5.32 Å². The number of nitrogens with one attached hydrogen (secondary N) is 1. The van der Waals surface area contributed by atoms with E-state index in [1.807, 2.05) is 19.0 Å². The number of hydrogen-bond acceptors (Lipinski definition) is 7. The maximum Gasteiger partial charge on any atom is 0.251 e. The van der Waals surface area contributed by atoms with Crippen molar-refractivity contribution in [3.05, 3.63) is 29.8 Å². The number of rotatable bonds is 4. The fourth-order valence-corrected chi connectivity index (χ4v) is 2.40. The molecule has 1 aromatic carbocycles. The Hall–Kier alpha value is -1.71. The number of carbonyl (C=O) groups excluding carboxylic acids is 1. The first-order chi connectivity index (χ1) is 10.8. The average Bonchev–Trinajstić information content (AvgIpc) is 2.54. The van der Waals surface area contributed by atoms with Crippen LogP contribution in [0.4, 0.5) is 5.69 Å². The van der Waals surface area contributed by atoms with Gasteiger partial charge in [0.2, 0.25) is 0 Å². The van der Waals surface area contributed by atoms with Crippen LogP contribution >= 0.6 is 0 Å². The van der Waals surface area contributed by atoms with Crippen LogP contribution in [0.1, 0.15) is 10.4 Å². The van der Waals surface area contributed by atoms with Crippen molar-refractivity contribution in [3.8, 4) is 0 Å². The Bertz CT molecular complexity index is 535. The summed E-state index contributed by atoms with van der Waals surface area (Å²) < 4.78 is 4.99. The summed E-state index contributed by atoms with van der Waals surface area (Å²) in [6.07, 6.45) is -5.51. The van der Waals surface area contributed by atoms with Crippen LogP contribution in [0, 0.1) is 0 Å². The molecule has 0 spiro atoms. The highest BCUT2D eigenvalue weighted by molar-refractivity contribution is 5.94. The molecule has 8 heteroatoms. The van der Waals surface area contributed by atoms with Crippen LogP contribution in [0.2, 0.25) is 0 Å². The molecule has 0 bridgehead atoms. The van der Waals surface area contributed by atoms with Crippen molar-refractivity contribution in [1.82, 2.24) is 5.32 Å². The normalized spacial score (nSPS) is 30.8. The standard InChI is InChI=1S/C15H22N2O6/c1-17(2)9-5-3-8(4-6-9)14(21)16-11-13(20)12(19)10(7-18)23-15(11)22/h3-6,10-13,15,18-20,22H,7H2,1-2H3,(H,16,21)/t10-,11-,12-,13-,15+/m1/s1. The molecule has 5 N–H and O–H groups in total. The zero-order valence-corrected chi connectivity index (χ0v) is 13.0. The lowest BCUT2D eigenvalue weighted by Crippen LogP contribution is -2.64. The zero-order chi connectivity index (χ0) is 17.1. The van der Waals surface area contributed by atoms with Crippen LogP contribution < -0.4 is 10.2 Å². The number of nitrogens with zero attached hydrogens (tertiary/aromatic N) is 1. The molecule has 0 radical (unpaired) electrons. The Balaban J connectivity index is 2.07. The molecule has 1 heterocycles. The molecule has 8 nitrogen and oxygen atoms in total. The summed E-state index contributed by atoms with van der Waals surface area (Å²) >= 11 is 0. The van der Waals surface area contributed by atoms with Crippen LogP contribution in [0.25, 0.3) is 0 Å². The smallest absolute Gasteiger partial charge is 0.251 e. The van der Waals surface area contributed by atoms with E-state index in [9.17, 15) is 20.1 Å². The van der Waals surface area contributed by atoms with Crippen LogP contribution in [0.5, 0.6) is 0 Å². The number of aliphatic hydroxyl groups is 4. The van der Waals surface area contributed by atoms with Crippen LogP contribution in [0.15, 0.2) is 24.3 Å². The van der Waals surface area contributed by atoms with Crippen LogP contribution in [-0.4, -0.2) is 77.7 Å². The SMILES string of the molecule is CN(C)c1ccc(C(=O)N[C@@H]2[C@@H](O)[C@H](O)[C@@H](CO)O[C@@H]2O)cc1. The fourth-order valence-electron chi connectivity index (χ4n) is 2.40. The first-order valence-corrected chi connectivity index (χ1v) is 7.24. The van der Waals surface area contributed by atoms with Gasteiger partial charge in [0.15, 0.2) is 6.29 Å². The molecule has 1 aliphatic rings. The van der Waals surface area contributed by atoms with Crippen molar-refractivity contribution >= 4 is 11.6 Å². The Morgan fingerprint density at radius 3 is 2.30 bits per heavy atom. The van der Waals surface area contributed by atoms with Gasteiger partial charge in [0.1, 0.15) is 24.4 Å². The van der Waals surface area contributed by atoms with E-state index in [-0.39, 0.29) is 0 Å².